The van der Waals surface area contributed by atoms with Crippen molar-refractivity contribution in [3.63, 3.8) is 0 Å². The van der Waals surface area contributed by atoms with E-state index in [0.29, 0.717) is 25.9 Å². The maximum Gasteiger partial charge on any atom is 0.325 e. The number of hydrogen-bond donors (Lipinski definition) is 0. The van der Waals surface area contributed by atoms with E-state index in [9.17, 15) is 9.59 Å². The SMILES string of the molecule is CCCC(=O)ON1CC(=O)CCC12CO2. The normalized spacial score (nSPS) is 30.6. The molecule has 0 aromatic rings. The molecule has 1 atom stereocenters. The molecule has 0 bridgehead atoms. The Bertz CT molecular complexity index is 285. The Morgan fingerprint density at radius 2 is 2.40 bits per heavy atom. The topological polar surface area (TPSA) is 59.1 Å². The quantitative estimate of drug-likeness (QED) is 0.644. The van der Waals surface area contributed by atoms with Gasteiger partial charge in [-0.3, -0.25) is 9.59 Å². The van der Waals surface area contributed by atoms with Crippen LogP contribution in [0.25, 0.3) is 0 Å². The Morgan fingerprint density at radius 1 is 1.67 bits per heavy atom. The second-order valence-electron chi connectivity index (χ2n) is 4.02. The van der Waals surface area contributed by atoms with Gasteiger partial charge in [0.25, 0.3) is 0 Å². The zero-order valence-electron chi connectivity index (χ0n) is 8.82. The number of hydroxylamine groups is 2. The van der Waals surface area contributed by atoms with Crippen molar-refractivity contribution in [3.05, 3.63) is 0 Å². The predicted molar refractivity (Wildman–Crippen MR) is 50.6 cm³/mol. The van der Waals surface area contributed by atoms with Crippen LogP contribution in [0.4, 0.5) is 0 Å². The average Bonchev–Trinajstić information content (AvgIpc) is 2.93. The maximum atomic E-state index is 11.3. The summed E-state index contributed by atoms with van der Waals surface area (Å²) in [6, 6.07) is 0. The van der Waals surface area contributed by atoms with Gasteiger partial charge in [0.1, 0.15) is 0 Å². The molecule has 2 aliphatic heterocycles. The molecule has 5 nitrogen and oxygen atoms in total. The molecule has 1 unspecified atom stereocenters. The third-order valence-corrected chi connectivity index (χ3v) is 2.71. The highest BCUT2D eigenvalue weighted by Crippen LogP contribution is 2.39. The lowest BCUT2D eigenvalue weighted by Gasteiger charge is -2.30. The van der Waals surface area contributed by atoms with Crippen LogP contribution in [0.15, 0.2) is 0 Å². The smallest absolute Gasteiger partial charge is 0.325 e. The van der Waals surface area contributed by atoms with Gasteiger partial charge in [-0.2, -0.15) is 0 Å². The van der Waals surface area contributed by atoms with Crippen molar-refractivity contribution in [2.45, 2.75) is 38.3 Å². The lowest BCUT2D eigenvalue weighted by molar-refractivity contribution is -0.226. The number of ketones is 1. The van der Waals surface area contributed by atoms with Gasteiger partial charge in [-0.05, 0) is 6.42 Å². The predicted octanol–water partition coefficient (Wildman–Crippen LogP) is 0.636. The standard InChI is InChI=1S/C10H15NO4/c1-2-3-9(13)15-11-6-8(12)4-5-10(11)7-14-10/h2-7H2,1H3. The fourth-order valence-corrected chi connectivity index (χ4v) is 1.70. The van der Waals surface area contributed by atoms with E-state index >= 15 is 0 Å². The van der Waals surface area contributed by atoms with Gasteiger partial charge in [-0.25, -0.2) is 0 Å². The Morgan fingerprint density at radius 3 is 3.00 bits per heavy atom. The molecular weight excluding hydrogens is 198 g/mol. The molecule has 2 rings (SSSR count). The summed E-state index contributed by atoms with van der Waals surface area (Å²) in [5.74, 6) is -0.192. The van der Waals surface area contributed by atoms with Crippen molar-refractivity contribution >= 4 is 11.8 Å². The van der Waals surface area contributed by atoms with Crippen molar-refractivity contribution < 1.29 is 19.2 Å². The van der Waals surface area contributed by atoms with E-state index in [0.717, 1.165) is 6.42 Å². The Balaban J connectivity index is 1.93. The number of Topliss-reactive ketones (excluding diaryl/α,β-unsaturated/α-hetero) is 1. The zero-order valence-corrected chi connectivity index (χ0v) is 8.82. The Hall–Kier alpha value is -0.940. The second kappa shape index (κ2) is 3.90. The fraction of sp³-hybridized carbons (Fsp3) is 0.800. The molecule has 2 aliphatic rings. The molecule has 0 aliphatic carbocycles. The third-order valence-electron chi connectivity index (χ3n) is 2.71. The fourth-order valence-electron chi connectivity index (χ4n) is 1.70. The van der Waals surface area contributed by atoms with E-state index in [4.69, 9.17) is 9.57 Å². The van der Waals surface area contributed by atoms with Gasteiger partial charge in [0.2, 0.25) is 0 Å². The minimum Gasteiger partial charge on any atom is -0.365 e. The molecule has 15 heavy (non-hydrogen) atoms. The van der Waals surface area contributed by atoms with Crippen LogP contribution in [-0.4, -0.2) is 35.7 Å². The Labute approximate surface area is 88.3 Å². The van der Waals surface area contributed by atoms with Gasteiger partial charge in [0, 0.05) is 19.3 Å². The molecule has 1 spiro atoms. The van der Waals surface area contributed by atoms with Crippen LogP contribution in [0.2, 0.25) is 0 Å². The van der Waals surface area contributed by atoms with E-state index in [2.05, 4.69) is 0 Å². The highest BCUT2D eigenvalue weighted by atomic mass is 16.8. The van der Waals surface area contributed by atoms with Gasteiger partial charge in [0.05, 0.1) is 13.2 Å². The molecule has 0 aromatic carbocycles. The number of piperidine rings is 1. The minimum atomic E-state index is -0.475. The van der Waals surface area contributed by atoms with Crippen molar-refractivity contribution in [2.24, 2.45) is 0 Å². The number of carbonyl (C=O) groups excluding carboxylic acids is 2. The van der Waals surface area contributed by atoms with E-state index in [1.807, 2.05) is 6.92 Å². The highest BCUT2D eigenvalue weighted by Gasteiger charge is 2.55. The first-order valence-corrected chi connectivity index (χ1v) is 5.30. The van der Waals surface area contributed by atoms with Crippen molar-refractivity contribution in [3.8, 4) is 0 Å². The first-order chi connectivity index (χ1) is 7.16. The first kappa shape index (κ1) is 10.6. The van der Waals surface area contributed by atoms with Gasteiger partial charge in [-0.1, -0.05) is 12.0 Å². The average molecular weight is 213 g/mol. The highest BCUT2D eigenvalue weighted by molar-refractivity contribution is 5.81. The number of carbonyl (C=O) groups is 2. The molecule has 0 saturated carbocycles. The van der Waals surface area contributed by atoms with Crippen molar-refractivity contribution in [1.29, 1.82) is 0 Å². The van der Waals surface area contributed by atoms with Gasteiger partial charge < -0.3 is 9.57 Å². The first-order valence-electron chi connectivity index (χ1n) is 5.30. The van der Waals surface area contributed by atoms with E-state index in [1.54, 1.807) is 0 Å². The number of epoxide rings is 1. The molecular formula is C10H15NO4. The molecule has 2 saturated heterocycles. The molecule has 2 heterocycles. The summed E-state index contributed by atoms with van der Waals surface area (Å²) in [5, 5.41) is 1.41. The van der Waals surface area contributed by atoms with Gasteiger partial charge >= 0.3 is 5.97 Å². The minimum absolute atomic E-state index is 0.0976. The lowest BCUT2D eigenvalue weighted by atomic mass is 10.0. The molecule has 0 amide bonds. The summed E-state index contributed by atoms with van der Waals surface area (Å²) in [5.41, 5.74) is -0.475. The molecule has 2 fully saturated rings. The second-order valence-corrected chi connectivity index (χ2v) is 4.02. The number of nitrogens with zero attached hydrogens (tertiary/aromatic N) is 1. The summed E-state index contributed by atoms with van der Waals surface area (Å²) in [6.45, 7) is 2.63. The summed E-state index contributed by atoms with van der Waals surface area (Å²) >= 11 is 0. The lowest BCUT2D eigenvalue weighted by Crippen LogP contribution is -2.47. The third kappa shape index (κ3) is 2.18. The van der Waals surface area contributed by atoms with Crippen molar-refractivity contribution in [1.82, 2.24) is 5.06 Å². The molecule has 0 aromatic heterocycles. The van der Waals surface area contributed by atoms with E-state index in [1.165, 1.54) is 5.06 Å². The number of ether oxygens (including phenoxy) is 1. The maximum absolute atomic E-state index is 11.3. The van der Waals surface area contributed by atoms with E-state index in [-0.39, 0.29) is 18.3 Å². The van der Waals surface area contributed by atoms with Crippen molar-refractivity contribution in [2.75, 3.05) is 13.2 Å². The van der Waals surface area contributed by atoms with Crippen LogP contribution >= 0.6 is 0 Å². The number of rotatable bonds is 3. The monoisotopic (exact) mass is 213 g/mol. The zero-order chi connectivity index (χ0) is 10.9. The van der Waals surface area contributed by atoms with Gasteiger partial charge in [0.15, 0.2) is 11.5 Å². The van der Waals surface area contributed by atoms with Crippen LogP contribution < -0.4 is 0 Å². The molecule has 5 heteroatoms. The van der Waals surface area contributed by atoms with Crippen LogP contribution in [-0.2, 0) is 19.2 Å². The van der Waals surface area contributed by atoms with E-state index < -0.39 is 5.72 Å². The summed E-state index contributed by atoms with van der Waals surface area (Å²) < 4.78 is 5.27. The van der Waals surface area contributed by atoms with Crippen LogP contribution in [0.5, 0.6) is 0 Å². The summed E-state index contributed by atoms with van der Waals surface area (Å²) in [7, 11) is 0. The van der Waals surface area contributed by atoms with Crippen LogP contribution in [0.3, 0.4) is 0 Å². The largest absolute Gasteiger partial charge is 0.365 e. The van der Waals surface area contributed by atoms with Crippen LogP contribution in [0.1, 0.15) is 32.6 Å². The Kier molecular flexibility index (Phi) is 2.75. The molecule has 0 N–H and O–H groups in total. The molecule has 84 valence electrons. The molecule has 0 radical (unpaired) electrons. The number of hydrogen-bond acceptors (Lipinski definition) is 5. The summed E-state index contributed by atoms with van der Waals surface area (Å²) in [4.78, 5) is 27.7. The van der Waals surface area contributed by atoms with Crippen LogP contribution in [0, 0.1) is 0 Å². The van der Waals surface area contributed by atoms with Gasteiger partial charge in [-0.15, -0.1) is 0 Å². The summed E-state index contributed by atoms with van der Waals surface area (Å²) in [6.07, 6.45) is 2.27.